The minimum absolute atomic E-state index is 0.0359. The smallest absolute Gasteiger partial charge is 0.331 e. The van der Waals surface area contributed by atoms with Gasteiger partial charge in [0.05, 0.1) is 12.2 Å². The first-order valence-electron chi connectivity index (χ1n) is 7.47. The Labute approximate surface area is 134 Å². The SMILES string of the molecule is C[C@@H]1CN(C(=O)COC(=O)/C=C/c2cccc(F)c2)C[C@@H](C)O1. The molecule has 1 aromatic rings. The summed E-state index contributed by atoms with van der Waals surface area (Å²) >= 11 is 0. The Morgan fingerprint density at radius 2 is 2.04 bits per heavy atom. The van der Waals surface area contributed by atoms with Gasteiger partial charge in [-0.15, -0.1) is 0 Å². The fourth-order valence-corrected chi connectivity index (χ4v) is 2.43. The maximum Gasteiger partial charge on any atom is 0.331 e. The molecule has 0 bridgehead atoms. The van der Waals surface area contributed by atoms with Crippen LogP contribution in [0.4, 0.5) is 4.39 Å². The van der Waals surface area contributed by atoms with Crippen molar-refractivity contribution in [2.45, 2.75) is 26.1 Å². The Balaban J connectivity index is 1.80. The number of ether oxygens (including phenoxy) is 2. The van der Waals surface area contributed by atoms with Gasteiger partial charge in [0.1, 0.15) is 5.82 Å². The van der Waals surface area contributed by atoms with Crippen molar-refractivity contribution in [3.63, 3.8) is 0 Å². The van der Waals surface area contributed by atoms with E-state index in [2.05, 4.69) is 0 Å². The lowest BCUT2D eigenvalue weighted by Gasteiger charge is -2.35. The molecule has 2 rings (SSSR count). The maximum atomic E-state index is 13.0. The van der Waals surface area contributed by atoms with Gasteiger partial charge in [-0.1, -0.05) is 12.1 Å². The molecular formula is C17H20FNO4. The molecule has 1 fully saturated rings. The number of hydrogen-bond acceptors (Lipinski definition) is 4. The molecule has 1 heterocycles. The van der Waals surface area contributed by atoms with Gasteiger partial charge in [0.25, 0.3) is 5.91 Å². The Bertz CT molecular complexity index is 592. The molecule has 5 nitrogen and oxygen atoms in total. The number of rotatable bonds is 4. The molecule has 0 saturated carbocycles. The minimum atomic E-state index is -0.642. The molecule has 1 aromatic carbocycles. The largest absolute Gasteiger partial charge is 0.452 e. The van der Waals surface area contributed by atoms with Gasteiger partial charge < -0.3 is 14.4 Å². The topological polar surface area (TPSA) is 55.8 Å². The molecule has 6 heteroatoms. The molecule has 0 aliphatic carbocycles. The summed E-state index contributed by atoms with van der Waals surface area (Å²) in [6, 6.07) is 5.82. The van der Waals surface area contributed by atoms with Crippen LogP contribution in [0.25, 0.3) is 6.08 Å². The van der Waals surface area contributed by atoms with Crippen LogP contribution in [0.5, 0.6) is 0 Å². The predicted molar refractivity (Wildman–Crippen MR) is 83.0 cm³/mol. The highest BCUT2D eigenvalue weighted by Gasteiger charge is 2.26. The van der Waals surface area contributed by atoms with Crippen molar-refractivity contribution in [3.8, 4) is 0 Å². The zero-order valence-corrected chi connectivity index (χ0v) is 13.2. The average molecular weight is 321 g/mol. The molecule has 0 aromatic heterocycles. The van der Waals surface area contributed by atoms with E-state index in [4.69, 9.17) is 9.47 Å². The van der Waals surface area contributed by atoms with Crippen molar-refractivity contribution in [2.75, 3.05) is 19.7 Å². The molecule has 0 spiro atoms. The molecule has 23 heavy (non-hydrogen) atoms. The second-order valence-corrected chi connectivity index (χ2v) is 5.55. The molecule has 0 unspecified atom stereocenters. The highest BCUT2D eigenvalue weighted by molar-refractivity contribution is 5.89. The first-order valence-corrected chi connectivity index (χ1v) is 7.47. The van der Waals surface area contributed by atoms with Gasteiger partial charge in [-0.25, -0.2) is 9.18 Å². The number of hydrogen-bond donors (Lipinski definition) is 0. The number of carbonyl (C=O) groups is 2. The highest BCUT2D eigenvalue weighted by Crippen LogP contribution is 2.11. The molecule has 0 N–H and O–H groups in total. The molecule has 1 amide bonds. The first kappa shape index (κ1) is 17.1. The van der Waals surface area contributed by atoms with Crippen LogP contribution in [0, 0.1) is 5.82 Å². The summed E-state index contributed by atoms with van der Waals surface area (Å²) < 4.78 is 23.5. The number of benzene rings is 1. The molecule has 1 saturated heterocycles. The number of halogens is 1. The minimum Gasteiger partial charge on any atom is -0.452 e. The van der Waals surface area contributed by atoms with E-state index in [-0.39, 0.29) is 30.5 Å². The normalized spacial score (nSPS) is 21.4. The lowest BCUT2D eigenvalue weighted by atomic mass is 10.2. The van der Waals surface area contributed by atoms with Crippen molar-refractivity contribution < 1.29 is 23.5 Å². The van der Waals surface area contributed by atoms with Crippen LogP contribution in [0.15, 0.2) is 30.3 Å². The fraction of sp³-hybridized carbons (Fsp3) is 0.412. The van der Waals surface area contributed by atoms with Gasteiger partial charge in [0.2, 0.25) is 0 Å². The Morgan fingerprint density at radius 3 is 2.70 bits per heavy atom. The van der Waals surface area contributed by atoms with Crippen molar-refractivity contribution in [2.24, 2.45) is 0 Å². The lowest BCUT2D eigenvalue weighted by molar-refractivity contribution is -0.154. The second kappa shape index (κ2) is 7.87. The third-order valence-corrected chi connectivity index (χ3v) is 3.37. The number of nitrogens with zero attached hydrogens (tertiary/aromatic N) is 1. The third-order valence-electron chi connectivity index (χ3n) is 3.37. The summed E-state index contributed by atoms with van der Waals surface area (Å²) in [4.78, 5) is 25.3. The third kappa shape index (κ3) is 5.49. The monoisotopic (exact) mass is 321 g/mol. The summed E-state index contributed by atoms with van der Waals surface area (Å²) in [7, 11) is 0. The van der Waals surface area contributed by atoms with Gasteiger partial charge in [-0.2, -0.15) is 0 Å². The van der Waals surface area contributed by atoms with Crippen molar-refractivity contribution in [1.29, 1.82) is 0 Å². The Hall–Kier alpha value is -2.21. The number of carbonyl (C=O) groups excluding carboxylic acids is 2. The molecule has 124 valence electrons. The molecular weight excluding hydrogens is 301 g/mol. The van der Waals surface area contributed by atoms with Gasteiger partial charge in [0.15, 0.2) is 6.61 Å². The van der Waals surface area contributed by atoms with E-state index in [1.165, 1.54) is 24.3 Å². The van der Waals surface area contributed by atoms with Crippen molar-refractivity contribution in [1.82, 2.24) is 4.90 Å². The number of amides is 1. The van der Waals surface area contributed by atoms with Gasteiger partial charge in [-0.3, -0.25) is 4.79 Å². The van der Waals surface area contributed by atoms with E-state index in [1.54, 1.807) is 17.0 Å². The van der Waals surface area contributed by atoms with E-state index in [9.17, 15) is 14.0 Å². The second-order valence-electron chi connectivity index (χ2n) is 5.55. The van der Waals surface area contributed by atoms with E-state index in [0.29, 0.717) is 18.7 Å². The van der Waals surface area contributed by atoms with E-state index in [0.717, 1.165) is 0 Å². The summed E-state index contributed by atoms with van der Waals surface area (Å²) in [5.41, 5.74) is 0.545. The van der Waals surface area contributed by atoms with Crippen LogP contribution >= 0.6 is 0 Å². The first-order chi connectivity index (χ1) is 10.9. The molecule has 0 radical (unpaired) electrons. The Morgan fingerprint density at radius 1 is 1.35 bits per heavy atom. The van der Waals surface area contributed by atoms with Crippen molar-refractivity contribution in [3.05, 3.63) is 41.7 Å². The van der Waals surface area contributed by atoms with E-state index >= 15 is 0 Å². The van der Waals surface area contributed by atoms with Crippen LogP contribution in [0.1, 0.15) is 19.4 Å². The molecule has 2 atom stereocenters. The Kier molecular flexibility index (Phi) is 5.87. The van der Waals surface area contributed by atoms with E-state index in [1.807, 2.05) is 13.8 Å². The van der Waals surface area contributed by atoms with Gasteiger partial charge in [-0.05, 0) is 37.6 Å². The lowest BCUT2D eigenvalue weighted by Crippen LogP contribution is -2.49. The summed E-state index contributed by atoms with van der Waals surface area (Å²) in [6.07, 6.45) is 2.54. The predicted octanol–water partition coefficient (Wildman–Crippen LogP) is 2.02. The fourth-order valence-electron chi connectivity index (χ4n) is 2.43. The quantitative estimate of drug-likeness (QED) is 0.629. The van der Waals surface area contributed by atoms with Crippen LogP contribution in [0.3, 0.4) is 0 Å². The maximum absolute atomic E-state index is 13.0. The van der Waals surface area contributed by atoms with Gasteiger partial charge >= 0.3 is 5.97 Å². The van der Waals surface area contributed by atoms with E-state index < -0.39 is 5.97 Å². The number of morpholine rings is 1. The molecule has 1 aliphatic heterocycles. The summed E-state index contributed by atoms with van der Waals surface area (Å²) in [5, 5.41) is 0. The van der Waals surface area contributed by atoms with Gasteiger partial charge in [0, 0.05) is 19.2 Å². The summed E-state index contributed by atoms with van der Waals surface area (Å²) in [6.45, 7) is 4.44. The standard InChI is InChI=1S/C17H20FNO4/c1-12-9-19(10-13(2)23-12)16(20)11-22-17(21)7-6-14-4-3-5-15(18)8-14/h3-8,12-13H,9-11H2,1-2H3/b7-6+/t12-,13-/m1/s1. The zero-order valence-electron chi connectivity index (χ0n) is 13.2. The van der Waals surface area contributed by atoms with Crippen molar-refractivity contribution >= 4 is 18.0 Å². The highest BCUT2D eigenvalue weighted by atomic mass is 19.1. The zero-order chi connectivity index (χ0) is 16.8. The van der Waals surface area contributed by atoms with Crippen LogP contribution < -0.4 is 0 Å². The molecule has 1 aliphatic rings. The van der Waals surface area contributed by atoms with Crippen LogP contribution in [-0.4, -0.2) is 48.7 Å². The summed E-state index contributed by atoms with van der Waals surface area (Å²) in [5.74, 6) is -1.28. The van der Waals surface area contributed by atoms with Crippen LogP contribution in [-0.2, 0) is 19.1 Å². The van der Waals surface area contributed by atoms with Crippen LogP contribution in [0.2, 0.25) is 0 Å². The average Bonchev–Trinajstić information content (AvgIpc) is 2.49. The number of esters is 1.